The third-order valence-electron chi connectivity index (χ3n) is 2.76. The molecule has 0 saturated heterocycles. The molecule has 0 spiro atoms. The summed E-state index contributed by atoms with van der Waals surface area (Å²) in [7, 11) is 0. The molecule has 0 rings (SSSR count). The van der Waals surface area contributed by atoms with Gasteiger partial charge in [0, 0.05) is 39.1 Å². The zero-order valence-electron chi connectivity index (χ0n) is 11.7. The van der Waals surface area contributed by atoms with Crippen LogP contribution in [0, 0.1) is 12.3 Å². The molecule has 0 aliphatic carbocycles. The number of hydrogen-bond acceptors (Lipinski definition) is 4. The number of hydrogen-bond donors (Lipinski definition) is 1. The molecular formula is C13H23O4Y-. The van der Waals surface area contributed by atoms with Gasteiger partial charge in [-0.25, -0.2) is 0 Å². The number of carbonyl (C=O) groups is 2. The number of aliphatic hydroxyl groups is 1. The Bertz CT molecular complexity index is 255. The summed E-state index contributed by atoms with van der Waals surface area (Å²) in [4.78, 5) is 22.2. The van der Waals surface area contributed by atoms with Crippen LogP contribution in [0.25, 0.3) is 0 Å². The van der Waals surface area contributed by atoms with E-state index in [1.54, 1.807) is 0 Å². The van der Waals surface area contributed by atoms with Crippen LogP contribution in [0.4, 0.5) is 0 Å². The molecule has 0 aromatic carbocycles. The van der Waals surface area contributed by atoms with Crippen molar-refractivity contribution in [2.45, 2.75) is 59.2 Å². The van der Waals surface area contributed by atoms with Crippen LogP contribution in [0.5, 0.6) is 0 Å². The van der Waals surface area contributed by atoms with Crippen LogP contribution in [0.2, 0.25) is 0 Å². The predicted octanol–water partition coefficient (Wildman–Crippen LogP) is 1.90. The minimum absolute atomic E-state index is 0. The Labute approximate surface area is 135 Å². The number of carbonyl (C=O) groups excluding carboxylic acids is 2. The fourth-order valence-electron chi connectivity index (χ4n) is 1.43. The molecule has 5 heteroatoms. The first-order chi connectivity index (χ1) is 7.90. The Balaban J connectivity index is 0. The van der Waals surface area contributed by atoms with Crippen LogP contribution < -0.4 is 0 Å². The normalized spacial score (nSPS) is 15.2. The van der Waals surface area contributed by atoms with Gasteiger partial charge >= 0.3 is 5.97 Å². The zero-order chi connectivity index (χ0) is 13.4. The summed E-state index contributed by atoms with van der Waals surface area (Å²) in [6.07, 6.45) is 1.92. The molecule has 0 heterocycles. The number of esters is 1. The minimum atomic E-state index is -0.514. The Morgan fingerprint density at radius 2 is 1.94 bits per heavy atom. The first-order valence-corrected chi connectivity index (χ1v) is 6.07. The Kier molecular flexibility index (Phi) is 12.6. The zero-order valence-corrected chi connectivity index (χ0v) is 14.5. The van der Waals surface area contributed by atoms with Crippen LogP contribution in [0.1, 0.15) is 47.0 Å². The van der Waals surface area contributed by atoms with Crippen molar-refractivity contribution in [3.05, 3.63) is 6.42 Å². The van der Waals surface area contributed by atoms with Crippen molar-refractivity contribution in [1.29, 1.82) is 0 Å². The molecule has 0 aliphatic rings. The fourth-order valence-corrected chi connectivity index (χ4v) is 1.43. The van der Waals surface area contributed by atoms with E-state index in [9.17, 15) is 14.7 Å². The maximum Gasteiger partial charge on any atom is 0.313 e. The van der Waals surface area contributed by atoms with Crippen molar-refractivity contribution < 1.29 is 52.1 Å². The molecule has 1 radical (unpaired) electrons. The maximum atomic E-state index is 11.4. The van der Waals surface area contributed by atoms with E-state index in [1.165, 1.54) is 6.92 Å². The molecule has 0 amide bonds. The first-order valence-electron chi connectivity index (χ1n) is 6.07. The van der Waals surface area contributed by atoms with E-state index in [-0.39, 0.29) is 56.9 Å². The largest absolute Gasteiger partial charge is 0.464 e. The molecule has 0 bridgehead atoms. The Morgan fingerprint density at radius 3 is 2.33 bits per heavy atom. The minimum Gasteiger partial charge on any atom is -0.464 e. The quantitative estimate of drug-likeness (QED) is 0.419. The van der Waals surface area contributed by atoms with Crippen LogP contribution in [0.15, 0.2) is 0 Å². The van der Waals surface area contributed by atoms with Crippen molar-refractivity contribution >= 4 is 11.8 Å². The first kappa shape index (κ1) is 20.5. The van der Waals surface area contributed by atoms with Gasteiger partial charge < -0.3 is 16.3 Å². The molecule has 0 saturated carbocycles. The number of ether oxygens (including phenoxy) is 1. The monoisotopic (exact) mass is 332 g/mol. The molecule has 4 nitrogen and oxygen atoms in total. The molecule has 0 fully saturated rings. The molecule has 1 N–H and O–H groups in total. The van der Waals surface area contributed by atoms with Crippen LogP contribution in [-0.2, 0) is 47.0 Å². The molecule has 103 valence electrons. The van der Waals surface area contributed by atoms with Crippen molar-refractivity contribution in [2.75, 3.05) is 0 Å². The van der Waals surface area contributed by atoms with E-state index >= 15 is 0 Å². The summed E-state index contributed by atoms with van der Waals surface area (Å²) in [5.41, 5.74) is 0. The molecule has 0 aliphatic heterocycles. The number of ketones is 1. The summed E-state index contributed by atoms with van der Waals surface area (Å²) < 4.78 is 5.24. The van der Waals surface area contributed by atoms with Crippen molar-refractivity contribution in [3.8, 4) is 0 Å². The van der Waals surface area contributed by atoms with Gasteiger partial charge in [-0.2, -0.15) is 6.92 Å². The van der Waals surface area contributed by atoms with Crippen molar-refractivity contribution in [3.63, 3.8) is 0 Å². The van der Waals surface area contributed by atoms with Crippen LogP contribution >= 0.6 is 0 Å². The van der Waals surface area contributed by atoms with Gasteiger partial charge in [0.15, 0.2) is 0 Å². The van der Waals surface area contributed by atoms with Gasteiger partial charge in [-0.3, -0.25) is 9.59 Å². The summed E-state index contributed by atoms with van der Waals surface area (Å²) in [5.74, 6) is -0.662. The smallest absolute Gasteiger partial charge is 0.313 e. The van der Waals surface area contributed by atoms with Crippen LogP contribution in [0.3, 0.4) is 0 Å². The van der Waals surface area contributed by atoms with E-state index in [1.807, 2.05) is 27.2 Å². The van der Waals surface area contributed by atoms with Gasteiger partial charge in [-0.05, 0) is 13.3 Å². The predicted molar refractivity (Wildman–Crippen MR) is 65.2 cm³/mol. The average molecular weight is 332 g/mol. The third-order valence-corrected chi connectivity index (χ3v) is 2.76. The second kappa shape index (κ2) is 11.1. The van der Waals surface area contributed by atoms with Crippen LogP contribution in [-0.4, -0.2) is 29.1 Å². The topological polar surface area (TPSA) is 63.6 Å². The van der Waals surface area contributed by atoms with Gasteiger partial charge in [0.05, 0.1) is 12.2 Å². The van der Waals surface area contributed by atoms with Crippen molar-refractivity contribution in [2.24, 2.45) is 5.92 Å². The van der Waals surface area contributed by atoms with Gasteiger partial charge in [0.25, 0.3) is 0 Å². The van der Waals surface area contributed by atoms with E-state index < -0.39 is 12.1 Å². The number of Topliss-reactive ketones (excluding diaryl/α,β-unsaturated/α-hetero) is 1. The molecule has 0 aromatic rings. The molecule has 3 unspecified atom stereocenters. The van der Waals surface area contributed by atoms with Gasteiger partial charge in [0.2, 0.25) is 0 Å². The molecular weight excluding hydrogens is 309 g/mol. The van der Waals surface area contributed by atoms with E-state index in [2.05, 4.69) is 0 Å². The molecule has 0 aromatic heterocycles. The second-order valence-corrected chi connectivity index (χ2v) is 4.40. The fraction of sp³-hybridized carbons (Fsp3) is 0.769. The second-order valence-electron chi connectivity index (χ2n) is 4.40. The summed E-state index contributed by atoms with van der Waals surface area (Å²) in [6, 6.07) is 0. The summed E-state index contributed by atoms with van der Waals surface area (Å²) in [6.45, 7) is 7.04. The number of rotatable bonds is 8. The van der Waals surface area contributed by atoms with E-state index in [0.717, 1.165) is 0 Å². The SMILES string of the molecule is C[CH-]C(C)C(CC(O)CC)OC(=O)CC(C)=O.[Y]. The Hall–Kier alpha value is 0.204. The van der Waals surface area contributed by atoms with Gasteiger partial charge in [0.1, 0.15) is 12.2 Å². The third kappa shape index (κ3) is 9.18. The molecule has 3 atom stereocenters. The summed E-state index contributed by atoms with van der Waals surface area (Å²) in [5, 5.41) is 9.60. The van der Waals surface area contributed by atoms with Crippen molar-refractivity contribution in [1.82, 2.24) is 0 Å². The summed E-state index contributed by atoms with van der Waals surface area (Å²) >= 11 is 0. The molecule has 18 heavy (non-hydrogen) atoms. The van der Waals surface area contributed by atoms with E-state index in [4.69, 9.17) is 4.74 Å². The van der Waals surface area contributed by atoms with Gasteiger partial charge in [-0.1, -0.05) is 13.8 Å². The number of aliphatic hydroxyl groups excluding tert-OH is 1. The maximum absolute atomic E-state index is 11.4. The standard InChI is InChI=1S/C13H23O4.Y/c1-5-9(3)12(8-11(15)6-2)17-13(16)7-10(4)14;/h5,9,11-12,15H,6-8H2,1-4H3;/q-1;. The Morgan fingerprint density at radius 1 is 1.39 bits per heavy atom. The van der Waals surface area contributed by atoms with E-state index in [0.29, 0.717) is 12.8 Å². The average Bonchev–Trinajstić information content (AvgIpc) is 2.25. The van der Waals surface area contributed by atoms with Gasteiger partial charge in [-0.15, -0.1) is 5.92 Å².